The van der Waals surface area contributed by atoms with Gasteiger partial charge in [-0.1, -0.05) is 12.1 Å². The van der Waals surface area contributed by atoms with E-state index >= 15 is 0 Å². The van der Waals surface area contributed by atoms with Crippen LogP contribution < -0.4 is 15.4 Å². The molecule has 11 heteroatoms. The summed E-state index contributed by atoms with van der Waals surface area (Å²) in [4.78, 5) is 23.8. The molecule has 1 aliphatic heterocycles. The van der Waals surface area contributed by atoms with Gasteiger partial charge in [0.1, 0.15) is 11.6 Å². The molecule has 0 bridgehead atoms. The maximum absolute atomic E-state index is 13.4. The lowest BCUT2D eigenvalue weighted by Crippen LogP contribution is -2.24. The fourth-order valence-electron chi connectivity index (χ4n) is 3.30. The molecule has 2 N–H and O–H groups in total. The molecule has 1 fully saturated rings. The molecule has 32 heavy (non-hydrogen) atoms. The molecular formula is C21H16F4N4O3. The maximum Gasteiger partial charge on any atom is 0.573 e. The largest absolute Gasteiger partial charge is 0.573 e. The lowest BCUT2D eigenvalue weighted by Gasteiger charge is -2.11. The van der Waals surface area contributed by atoms with Crippen molar-refractivity contribution < 1.29 is 31.9 Å². The average Bonchev–Trinajstić information content (AvgIpc) is 3.34. The van der Waals surface area contributed by atoms with Gasteiger partial charge in [-0.3, -0.25) is 9.59 Å². The van der Waals surface area contributed by atoms with Crippen LogP contribution in [0.5, 0.6) is 5.75 Å². The second-order valence-corrected chi connectivity index (χ2v) is 7.07. The predicted molar refractivity (Wildman–Crippen MR) is 105 cm³/mol. The van der Waals surface area contributed by atoms with Crippen molar-refractivity contribution in [1.29, 1.82) is 0 Å². The normalized spacial score (nSPS) is 16.0. The number of hydrogen-bond donors (Lipinski definition) is 2. The van der Waals surface area contributed by atoms with Crippen LogP contribution in [0.25, 0.3) is 16.9 Å². The zero-order chi connectivity index (χ0) is 22.9. The monoisotopic (exact) mass is 448 g/mol. The first kappa shape index (κ1) is 21.3. The molecule has 166 valence electrons. The first-order valence-electron chi connectivity index (χ1n) is 9.48. The molecule has 2 heterocycles. The number of amides is 2. The number of carbonyl (C=O) groups is 2. The highest BCUT2D eigenvalue weighted by Crippen LogP contribution is 2.31. The summed E-state index contributed by atoms with van der Waals surface area (Å²) in [7, 11) is 0. The minimum absolute atomic E-state index is 0.0498. The van der Waals surface area contributed by atoms with Gasteiger partial charge >= 0.3 is 6.36 Å². The van der Waals surface area contributed by atoms with Gasteiger partial charge in [-0.25, -0.2) is 9.07 Å². The highest BCUT2D eigenvalue weighted by molar-refractivity contribution is 5.97. The van der Waals surface area contributed by atoms with E-state index in [1.807, 2.05) is 0 Å². The second kappa shape index (κ2) is 8.33. The minimum Gasteiger partial charge on any atom is -0.406 e. The van der Waals surface area contributed by atoms with Gasteiger partial charge < -0.3 is 15.4 Å². The topological polar surface area (TPSA) is 85.2 Å². The Hall–Kier alpha value is -3.89. The lowest BCUT2D eigenvalue weighted by atomic mass is 10.1. The molecule has 2 amide bonds. The smallest absolute Gasteiger partial charge is 0.406 e. The standard InChI is InChI=1S/C21H16F4N4O3/c22-14-4-6-15(7-5-14)29-17(12-2-1-3-16(8-12)32-21(23,24)25)10-18(28-29)27-20(31)13-9-19(30)26-11-13/h1-8,10,13H,9,11H2,(H,26,30)(H,27,28,31)/t13-/m1/s1. The number of ether oxygens (including phenoxy) is 1. The molecule has 2 aromatic carbocycles. The van der Waals surface area contributed by atoms with Crippen LogP contribution in [0.2, 0.25) is 0 Å². The fourth-order valence-corrected chi connectivity index (χ4v) is 3.30. The number of nitrogens with one attached hydrogen (secondary N) is 2. The molecule has 7 nitrogen and oxygen atoms in total. The highest BCUT2D eigenvalue weighted by atomic mass is 19.4. The van der Waals surface area contributed by atoms with Crippen LogP contribution in [0, 0.1) is 11.7 Å². The van der Waals surface area contributed by atoms with Gasteiger partial charge in [-0.2, -0.15) is 0 Å². The zero-order valence-electron chi connectivity index (χ0n) is 16.3. The number of rotatable bonds is 5. The Balaban J connectivity index is 1.70. The Labute approximate surface area is 179 Å². The molecular weight excluding hydrogens is 432 g/mol. The number of alkyl halides is 3. The number of hydrogen-bond acceptors (Lipinski definition) is 4. The van der Waals surface area contributed by atoms with E-state index in [4.69, 9.17) is 0 Å². The fraction of sp³-hybridized carbons (Fsp3) is 0.190. The van der Waals surface area contributed by atoms with Crippen molar-refractivity contribution in [3.05, 3.63) is 60.4 Å². The van der Waals surface area contributed by atoms with Gasteiger partial charge in [-0.15, -0.1) is 18.3 Å². The van der Waals surface area contributed by atoms with Crippen LogP contribution in [0.15, 0.2) is 54.6 Å². The van der Waals surface area contributed by atoms with Gasteiger partial charge in [-0.05, 0) is 36.4 Å². The molecule has 0 spiro atoms. The zero-order valence-corrected chi connectivity index (χ0v) is 16.3. The third kappa shape index (κ3) is 4.88. The third-order valence-electron chi connectivity index (χ3n) is 4.74. The third-order valence-corrected chi connectivity index (χ3v) is 4.74. The molecule has 1 atom stereocenters. The van der Waals surface area contributed by atoms with Crippen molar-refractivity contribution in [3.63, 3.8) is 0 Å². The van der Waals surface area contributed by atoms with Crippen LogP contribution >= 0.6 is 0 Å². The van der Waals surface area contributed by atoms with Crippen molar-refractivity contribution in [2.75, 3.05) is 11.9 Å². The van der Waals surface area contributed by atoms with Gasteiger partial charge in [0, 0.05) is 24.6 Å². The van der Waals surface area contributed by atoms with E-state index in [1.54, 1.807) is 6.07 Å². The molecule has 0 unspecified atom stereocenters. The lowest BCUT2D eigenvalue weighted by molar-refractivity contribution is -0.274. The van der Waals surface area contributed by atoms with Crippen molar-refractivity contribution >= 4 is 17.6 Å². The Morgan fingerprint density at radius 1 is 1.16 bits per heavy atom. The average molecular weight is 448 g/mol. The summed E-state index contributed by atoms with van der Waals surface area (Å²) >= 11 is 0. The van der Waals surface area contributed by atoms with Crippen molar-refractivity contribution in [3.8, 4) is 22.7 Å². The Morgan fingerprint density at radius 3 is 2.56 bits per heavy atom. The molecule has 0 radical (unpaired) electrons. The number of aromatic nitrogens is 2. The van der Waals surface area contributed by atoms with E-state index in [2.05, 4.69) is 20.5 Å². The quantitative estimate of drug-likeness (QED) is 0.584. The Morgan fingerprint density at radius 2 is 1.91 bits per heavy atom. The van der Waals surface area contributed by atoms with Crippen LogP contribution in [0.1, 0.15) is 6.42 Å². The molecule has 1 saturated heterocycles. The first-order chi connectivity index (χ1) is 15.2. The van der Waals surface area contributed by atoms with Crippen molar-refractivity contribution in [2.24, 2.45) is 5.92 Å². The molecule has 0 aliphatic carbocycles. The summed E-state index contributed by atoms with van der Waals surface area (Å²) in [5, 5.41) is 9.50. The summed E-state index contributed by atoms with van der Waals surface area (Å²) in [6, 6.07) is 12.0. The van der Waals surface area contributed by atoms with E-state index in [0.717, 1.165) is 6.07 Å². The SMILES string of the molecule is O=C1C[C@@H](C(=O)Nc2cc(-c3cccc(OC(F)(F)F)c3)n(-c3ccc(F)cc3)n2)CN1. The maximum atomic E-state index is 13.4. The van der Waals surface area contributed by atoms with E-state index in [0.29, 0.717) is 16.9 Å². The number of halogens is 4. The van der Waals surface area contributed by atoms with Crippen molar-refractivity contribution in [2.45, 2.75) is 12.8 Å². The van der Waals surface area contributed by atoms with Gasteiger partial charge in [0.05, 0.1) is 17.3 Å². The van der Waals surface area contributed by atoms with Crippen molar-refractivity contribution in [1.82, 2.24) is 15.1 Å². The predicted octanol–water partition coefficient (Wildman–Crippen LogP) is 3.65. The van der Waals surface area contributed by atoms with Gasteiger partial charge in [0.25, 0.3) is 0 Å². The van der Waals surface area contributed by atoms with Crippen LogP contribution in [0.3, 0.4) is 0 Å². The summed E-state index contributed by atoms with van der Waals surface area (Å²) in [5.41, 5.74) is 1.07. The number of benzene rings is 2. The molecule has 3 aromatic rings. The Kier molecular flexibility index (Phi) is 5.56. The molecule has 4 rings (SSSR count). The van der Waals surface area contributed by atoms with E-state index in [9.17, 15) is 27.2 Å². The van der Waals surface area contributed by atoms with Gasteiger partial charge in [0.2, 0.25) is 11.8 Å². The van der Waals surface area contributed by atoms with E-state index in [1.165, 1.54) is 47.1 Å². The molecule has 1 aliphatic rings. The minimum atomic E-state index is -4.86. The first-order valence-corrected chi connectivity index (χ1v) is 9.48. The van der Waals surface area contributed by atoms with E-state index < -0.39 is 29.8 Å². The number of carbonyl (C=O) groups excluding carboxylic acids is 2. The number of nitrogens with zero attached hydrogens (tertiary/aromatic N) is 2. The summed E-state index contributed by atoms with van der Waals surface area (Å²) < 4.78 is 56.6. The van der Waals surface area contributed by atoms with E-state index in [-0.39, 0.29) is 24.7 Å². The van der Waals surface area contributed by atoms with Crippen LogP contribution in [0.4, 0.5) is 23.4 Å². The summed E-state index contributed by atoms with van der Waals surface area (Å²) in [6.45, 7) is 0.201. The van der Waals surface area contributed by atoms with Crippen LogP contribution in [-0.4, -0.2) is 34.5 Å². The highest BCUT2D eigenvalue weighted by Gasteiger charge is 2.31. The number of anilines is 1. The summed E-state index contributed by atoms with van der Waals surface area (Å²) in [6.07, 6.45) is -4.81. The molecule has 1 aromatic heterocycles. The van der Waals surface area contributed by atoms with Gasteiger partial charge in [0.15, 0.2) is 5.82 Å². The Bertz CT molecular complexity index is 1160. The molecule has 0 saturated carbocycles. The summed E-state index contributed by atoms with van der Waals surface area (Å²) in [5.74, 6) is -2.00. The second-order valence-electron chi connectivity index (χ2n) is 7.07. The van der Waals surface area contributed by atoms with Crippen LogP contribution in [-0.2, 0) is 9.59 Å².